The molecule has 1 unspecified atom stereocenters. The molecule has 0 aliphatic heterocycles. The SMILES string of the molecule is CN(CC(O)C1CC1)C(=O)c1cccc(OCc2ccccc2)c1. The maximum absolute atomic E-state index is 12.5. The summed E-state index contributed by atoms with van der Waals surface area (Å²) in [7, 11) is 1.73. The molecule has 1 N–H and O–H groups in total. The van der Waals surface area contributed by atoms with Crippen LogP contribution in [0.3, 0.4) is 0 Å². The van der Waals surface area contributed by atoms with Crippen LogP contribution >= 0.6 is 0 Å². The Morgan fingerprint density at radius 3 is 2.67 bits per heavy atom. The summed E-state index contributed by atoms with van der Waals surface area (Å²) in [5.41, 5.74) is 1.66. The highest BCUT2D eigenvalue weighted by molar-refractivity contribution is 5.94. The van der Waals surface area contributed by atoms with Gasteiger partial charge in [-0.2, -0.15) is 0 Å². The third-order valence-electron chi connectivity index (χ3n) is 4.30. The van der Waals surface area contributed by atoms with Crippen molar-refractivity contribution in [1.29, 1.82) is 0 Å². The zero-order chi connectivity index (χ0) is 16.9. The van der Waals surface area contributed by atoms with Crippen LogP contribution in [0.5, 0.6) is 5.75 Å². The Kier molecular flexibility index (Phi) is 5.16. The van der Waals surface area contributed by atoms with Crippen LogP contribution in [0, 0.1) is 5.92 Å². The number of ether oxygens (including phenoxy) is 1. The molecule has 0 spiro atoms. The summed E-state index contributed by atoms with van der Waals surface area (Å²) in [5.74, 6) is 0.932. The Morgan fingerprint density at radius 2 is 1.96 bits per heavy atom. The molecule has 0 bridgehead atoms. The molecule has 0 radical (unpaired) electrons. The van der Waals surface area contributed by atoms with Gasteiger partial charge < -0.3 is 14.7 Å². The summed E-state index contributed by atoms with van der Waals surface area (Å²) in [4.78, 5) is 14.1. The van der Waals surface area contributed by atoms with Crippen LogP contribution in [0.2, 0.25) is 0 Å². The van der Waals surface area contributed by atoms with Crippen LogP contribution in [-0.4, -0.2) is 35.6 Å². The number of amides is 1. The molecule has 4 nitrogen and oxygen atoms in total. The average Bonchev–Trinajstić information content (AvgIpc) is 3.45. The van der Waals surface area contributed by atoms with E-state index < -0.39 is 6.10 Å². The van der Waals surface area contributed by atoms with Crippen LogP contribution in [0.25, 0.3) is 0 Å². The monoisotopic (exact) mass is 325 g/mol. The van der Waals surface area contributed by atoms with Crippen LogP contribution in [-0.2, 0) is 6.61 Å². The van der Waals surface area contributed by atoms with Gasteiger partial charge in [-0.15, -0.1) is 0 Å². The van der Waals surface area contributed by atoms with E-state index in [4.69, 9.17) is 4.74 Å². The predicted molar refractivity (Wildman–Crippen MR) is 92.9 cm³/mol. The second-order valence-electron chi connectivity index (χ2n) is 6.39. The minimum Gasteiger partial charge on any atom is -0.489 e. The molecule has 126 valence electrons. The first-order valence-electron chi connectivity index (χ1n) is 8.34. The first-order valence-corrected chi connectivity index (χ1v) is 8.34. The van der Waals surface area contributed by atoms with Crippen molar-refractivity contribution in [2.24, 2.45) is 5.92 Å². The topological polar surface area (TPSA) is 49.8 Å². The van der Waals surface area contributed by atoms with E-state index >= 15 is 0 Å². The van der Waals surface area contributed by atoms with Crippen molar-refractivity contribution in [3.63, 3.8) is 0 Å². The molecule has 1 aliphatic rings. The number of aliphatic hydroxyl groups excluding tert-OH is 1. The minimum absolute atomic E-state index is 0.0974. The molecule has 2 aromatic carbocycles. The maximum atomic E-state index is 12.5. The molecule has 1 fully saturated rings. The average molecular weight is 325 g/mol. The van der Waals surface area contributed by atoms with Crippen LogP contribution in [0.4, 0.5) is 0 Å². The van der Waals surface area contributed by atoms with Gasteiger partial charge in [0.15, 0.2) is 0 Å². The van der Waals surface area contributed by atoms with E-state index in [-0.39, 0.29) is 5.91 Å². The second-order valence-corrected chi connectivity index (χ2v) is 6.39. The fourth-order valence-corrected chi connectivity index (χ4v) is 2.67. The van der Waals surface area contributed by atoms with Gasteiger partial charge in [-0.3, -0.25) is 4.79 Å². The first kappa shape index (κ1) is 16.5. The Hall–Kier alpha value is -2.33. The molecule has 1 aliphatic carbocycles. The van der Waals surface area contributed by atoms with Gasteiger partial charge >= 0.3 is 0 Å². The van der Waals surface area contributed by atoms with E-state index in [9.17, 15) is 9.90 Å². The van der Waals surface area contributed by atoms with Gasteiger partial charge in [0.2, 0.25) is 0 Å². The predicted octanol–water partition coefficient (Wildman–Crippen LogP) is 3.11. The highest BCUT2D eigenvalue weighted by Gasteiger charge is 2.31. The van der Waals surface area contributed by atoms with Crippen molar-refractivity contribution in [3.8, 4) is 5.75 Å². The van der Waals surface area contributed by atoms with E-state index in [0.29, 0.717) is 30.4 Å². The molecule has 1 amide bonds. The Balaban J connectivity index is 1.60. The number of benzene rings is 2. The summed E-state index contributed by atoms with van der Waals surface area (Å²) in [6.07, 6.45) is 1.70. The Bertz CT molecular complexity index is 682. The van der Waals surface area contributed by atoms with Crippen molar-refractivity contribution in [1.82, 2.24) is 4.90 Å². The van der Waals surface area contributed by atoms with Crippen molar-refractivity contribution in [2.75, 3.05) is 13.6 Å². The summed E-state index contributed by atoms with van der Waals surface area (Å²) in [6.45, 7) is 0.841. The standard InChI is InChI=1S/C20H23NO3/c1-21(13-19(22)16-10-11-16)20(23)17-8-5-9-18(12-17)24-14-15-6-3-2-4-7-15/h2-9,12,16,19,22H,10-11,13-14H2,1H3. The molecule has 4 heteroatoms. The van der Waals surface area contributed by atoms with Crippen LogP contribution in [0.1, 0.15) is 28.8 Å². The fraction of sp³-hybridized carbons (Fsp3) is 0.350. The number of aliphatic hydroxyl groups is 1. The quantitative estimate of drug-likeness (QED) is 0.851. The van der Waals surface area contributed by atoms with E-state index in [2.05, 4.69) is 0 Å². The largest absolute Gasteiger partial charge is 0.489 e. The zero-order valence-corrected chi connectivity index (χ0v) is 13.9. The van der Waals surface area contributed by atoms with E-state index in [0.717, 1.165) is 18.4 Å². The number of carbonyl (C=O) groups excluding carboxylic acids is 1. The Labute approximate surface area is 142 Å². The van der Waals surface area contributed by atoms with Crippen molar-refractivity contribution in [3.05, 3.63) is 65.7 Å². The molecule has 0 heterocycles. The van der Waals surface area contributed by atoms with Gasteiger partial charge in [0, 0.05) is 19.2 Å². The molecule has 24 heavy (non-hydrogen) atoms. The van der Waals surface area contributed by atoms with Gasteiger partial charge in [0.25, 0.3) is 5.91 Å². The summed E-state index contributed by atoms with van der Waals surface area (Å²) >= 11 is 0. The van der Waals surface area contributed by atoms with Gasteiger partial charge in [0.1, 0.15) is 12.4 Å². The lowest BCUT2D eigenvalue weighted by atomic mass is 10.1. The number of nitrogens with zero attached hydrogens (tertiary/aromatic N) is 1. The molecule has 3 rings (SSSR count). The molecule has 0 aromatic heterocycles. The van der Waals surface area contributed by atoms with E-state index in [1.165, 1.54) is 0 Å². The van der Waals surface area contributed by atoms with Gasteiger partial charge in [-0.25, -0.2) is 0 Å². The molecule has 0 saturated heterocycles. The van der Waals surface area contributed by atoms with Crippen molar-refractivity contribution >= 4 is 5.91 Å². The maximum Gasteiger partial charge on any atom is 0.253 e. The van der Waals surface area contributed by atoms with Crippen LogP contribution in [0.15, 0.2) is 54.6 Å². The summed E-state index contributed by atoms with van der Waals surface area (Å²) in [5, 5.41) is 10.0. The number of rotatable bonds is 7. The van der Waals surface area contributed by atoms with Crippen molar-refractivity contribution in [2.45, 2.75) is 25.6 Å². The fourth-order valence-electron chi connectivity index (χ4n) is 2.67. The normalized spacial score (nSPS) is 14.9. The highest BCUT2D eigenvalue weighted by atomic mass is 16.5. The lowest BCUT2D eigenvalue weighted by Gasteiger charge is -2.21. The summed E-state index contributed by atoms with van der Waals surface area (Å²) in [6, 6.07) is 17.1. The Morgan fingerprint density at radius 1 is 1.21 bits per heavy atom. The second kappa shape index (κ2) is 7.49. The molecule has 1 atom stereocenters. The highest BCUT2D eigenvalue weighted by Crippen LogP contribution is 2.32. The number of hydrogen-bond acceptors (Lipinski definition) is 3. The van der Waals surface area contributed by atoms with Gasteiger partial charge in [0.05, 0.1) is 6.10 Å². The molecule has 1 saturated carbocycles. The molecular formula is C20H23NO3. The van der Waals surface area contributed by atoms with Crippen LogP contribution < -0.4 is 4.74 Å². The van der Waals surface area contributed by atoms with Gasteiger partial charge in [-0.05, 0) is 42.5 Å². The van der Waals surface area contributed by atoms with Gasteiger partial charge in [-0.1, -0.05) is 36.4 Å². The zero-order valence-electron chi connectivity index (χ0n) is 13.9. The third kappa shape index (κ3) is 4.36. The number of hydrogen-bond donors (Lipinski definition) is 1. The number of likely N-dealkylation sites (N-methyl/N-ethyl adjacent to an activating group) is 1. The van der Waals surface area contributed by atoms with E-state index in [1.54, 1.807) is 24.1 Å². The minimum atomic E-state index is -0.420. The van der Waals surface area contributed by atoms with E-state index in [1.807, 2.05) is 42.5 Å². The smallest absolute Gasteiger partial charge is 0.253 e. The first-order chi connectivity index (χ1) is 11.6. The third-order valence-corrected chi connectivity index (χ3v) is 4.30. The van der Waals surface area contributed by atoms with Crippen molar-refractivity contribution < 1.29 is 14.6 Å². The molecular weight excluding hydrogens is 302 g/mol. The molecule has 2 aromatic rings. The lowest BCUT2D eigenvalue weighted by Crippen LogP contribution is -2.35. The lowest BCUT2D eigenvalue weighted by molar-refractivity contribution is 0.0645. The number of carbonyl (C=O) groups is 1. The summed E-state index contributed by atoms with van der Waals surface area (Å²) < 4.78 is 5.77.